The smallest absolute Gasteiger partial charge is 0.404 e. The number of benzene rings is 1. The maximum Gasteiger partial charge on any atom is 0.573 e. The van der Waals surface area contributed by atoms with E-state index in [2.05, 4.69) is 15.5 Å². The number of halogens is 4. The number of amides is 2. The first-order valence-electron chi connectivity index (χ1n) is 7.76. The molecule has 2 aliphatic heterocycles. The van der Waals surface area contributed by atoms with E-state index >= 15 is 0 Å². The third kappa shape index (κ3) is 3.96. The van der Waals surface area contributed by atoms with Crippen molar-refractivity contribution in [2.45, 2.75) is 44.0 Å². The number of fused-ring (bicyclic) bond motifs is 1. The minimum Gasteiger partial charge on any atom is -0.404 e. The number of nitrogens with one attached hydrogen (secondary N) is 2. The Labute approximate surface area is 162 Å². The number of carbonyl (C=O) groups excluding carboxylic acids is 2. The van der Waals surface area contributed by atoms with E-state index in [-0.39, 0.29) is 9.93 Å². The molecule has 2 aliphatic rings. The molecule has 6 nitrogen and oxygen atoms in total. The zero-order valence-electron chi connectivity index (χ0n) is 14.5. The molecule has 0 bridgehead atoms. The van der Waals surface area contributed by atoms with Crippen molar-refractivity contribution in [3.05, 3.63) is 27.8 Å². The fourth-order valence-corrected chi connectivity index (χ4v) is 4.09. The van der Waals surface area contributed by atoms with Gasteiger partial charge in [0.2, 0.25) is 5.91 Å². The van der Waals surface area contributed by atoms with Crippen molar-refractivity contribution in [2.24, 2.45) is 0 Å². The molecule has 0 atom stereocenters. The van der Waals surface area contributed by atoms with Gasteiger partial charge in [-0.15, -0.1) is 13.2 Å². The summed E-state index contributed by atoms with van der Waals surface area (Å²) in [5, 5.41) is 4.10. The van der Waals surface area contributed by atoms with Crippen LogP contribution in [-0.4, -0.2) is 28.7 Å². The maximum absolute atomic E-state index is 12.9. The Morgan fingerprint density at radius 1 is 1.41 bits per heavy atom. The van der Waals surface area contributed by atoms with E-state index in [1.54, 1.807) is 13.8 Å². The average molecular weight is 422 g/mol. The molecule has 2 N–H and O–H groups in total. The molecule has 11 heteroatoms. The van der Waals surface area contributed by atoms with Gasteiger partial charge in [0, 0.05) is 23.9 Å². The summed E-state index contributed by atoms with van der Waals surface area (Å²) in [4.78, 5) is 24.9. The summed E-state index contributed by atoms with van der Waals surface area (Å²) in [6, 6.07) is 2.45. The SMILES string of the molecule is CC(=O)NN1C(=O)C2=C(CC1(C)C)Nc1cc(Cl)c(OC(F)(F)F)cc1S2. The monoisotopic (exact) mass is 421 g/mol. The largest absolute Gasteiger partial charge is 0.573 e. The Morgan fingerprint density at radius 2 is 2.07 bits per heavy atom. The Kier molecular flexibility index (Phi) is 4.75. The lowest BCUT2D eigenvalue weighted by Gasteiger charge is -2.44. The molecule has 0 aliphatic carbocycles. The van der Waals surface area contributed by atoms with Gasteiger partial charge in [0.25, 0.3) is 5.91 Å². The topological polar surface area (TPSA) is 70.7 Å². The second-order valence-electron chi connectivity index (χ2n) is 6.66. The molecule has 3 rings (SSSR count). The molecule has 0 saturated heterocycles. The molecule has 1 aromatic carbocycles. The van der Waals surface area contributed by atoms with Crippen LogP contribution >= 0.6 is 23.4 Å². The number of anilines is 1. The summed E-state index contributed by atoms with van der Waals surface area (Å²) in [6.07, 6.45) is -4.48. The van der Waals surface area contributed by atoms with Crippen molar-refractivity contribution in [2.75, 3.05) is 5.32 Å². The highest BCUT2D eigenvalue weighted by Gasteiger charge is 2.43. The predicted octanol–water partition coefficient (Wildman–Crippen LogP) is 4.03. The molecule has 2 heterocycles. The molecule has 0 saturated carbocycles. The average Bonchev–Trinajstić information content (AvgIpc) is 2.49. The third-order valence-corrected chi connectivity index (χ3v) is 5.39. The molecule has 0 radical (unpaired) electrons. The molecule has 0 unspecified atom stereocenters. The molecular formula is C16H15ClF3N3O3S. The van der Waals surface area contributed by atoms with Gasteiger partial charge in [-0.05, 0) is 26.0 Å². The van der Waals surface area contributed by atoms with E-state index in [0.717, 1.165) is 17.8 Å². The standard InChI is InChI=1S/C16H15ClF3N3O3S/c1-7(24)22-23-14(25)13-10(6-15(23,2)3)21-9-4-8(17)11(5-12(9)27-13)26-16(18,19)20/h4-5,21H,6H2,1-3H3,(H,22,24). The van der Waals surface area contributed by atoms with Gasteiger partial charge in [-0.1, -0.05) is 23.4 Å². The van der Waals surface area contributed by atoms with Gasteiger partial charge in [-0.2, -0.15) is 0 Å². The summed E-state index contributed by atoms with van der Waals surface area (Å²) in [5.74, 6) is -1.40. The van der Waals surface area contributed by atoms with Crippen molar-refractivity contribution in [3.63, 3.8) is 0 Å². The lowest BCUT2D eigenvalue weighted by Crippen LogP contribution is -2.59. The first kappa shape index (κ1) is 19.7. The Bertz CT molecular complexity index is 870. The van der Waals surface area contributed by atoms with Crippen molar-refractivity contribution < 1.29 is 27.5 Å². The highest BCUT2D eigenvalue weighted by Crippen LogP contribution is 2.48. The summed E-state index contributed by atoms with van der Waals surface area (Å²) in [5.41, 5.74) is 2.90. The van der Waals surface area contributed by atoms with Gasteiger partial charge in [0.05, 0.1) is 21.2 Å². The van der Waals surface area contributed by atoms with E-state index in [1.165, 1.54) is 18.0 Å². The second-order valence-corrected chi connectivity index (χ2v) is 8.12. The van der Waals surface area contributed by atoms with Crippen LogP contribution in [0.3, 0.4) is 0 Å². The van der Waals surface area contributed by atoms with Crippen molar-refractivity contribution >= 4 is 40.9 Å². The fourth-order valence-electron chi connectivity index (χ4n) is 2.86. The van der Waals surface area contributed by atoms with Crippen molar-refractivity contribution in [1.29, 1.82) is 0 Å². The van der Waals surface area contributed by atoms with Crippen LogP contribution in [-0.2, 0) is 9.59 Å². The van der Waals surface area contributed by atoms with Crippen LogP contribution in [0.25, 0.3) is 0 Å². The van der Waals surface area contributed by atoms with E-state index in [4.69, 9.17) is 11.6 Å². The number of ether oxygens (including phenoxy) is 1. The highest BCUT2D eigenvalue weighted by atomic mass is 35.5. The summed E-state index contributed by atoms with van der Waals surface area (Å²) in [6.45, 7) is 4.87. The number of carbonyl (C=O) groups is 2. The number of rotatable bonds is 2. The summed E-state index contributed by atoms with van der Waals surface area (Å²) in [7, 11) is 0. The van der Waals surface area contributed by atoms with Crippen LogP contribution < -0.4 is 15.5 Å². The molecule has 1 aromatic rings. The summed E-state index contributed by atoms with van der Waals surface area (Å²) >= 11 is 6.89. The minimum absolute atomic E-state index is 0.204. The lowest BCUT2D eigenvalue weighted by molar-refractivity contribution is -0.274. The number of hydrazine groups is 1. The first-order chi connectivity index (χ1) is 12.4. The molecular weight excluding hydrogens is 407 g/mol. The molecule has 0 spiro atoms. The number of hydrogen-bond donors (Lipinski definition) is 2. The fraction of sp³-hybridized carbons (Fsp3) is 0.375. The third-order valence-electron chi connectivity index (χ3n) is 3.91. The van der Waals surface area contributed by atoms with Crippen LogP contribution in [0.2, 0.25) is 5.02 Å². The van der Waals surface area contributed by atoms with E-state index < -0.39 is 29.5 Å². The first-order valence-corrected chi connectivity index (χ1v) is 8.96. The predicted molar refractivity (Wildman–Crippen MR) is 94.0 cm³/mol. The molecule has 27 heavy (non-hydrogen) atoms. The second kappa shape index (κ2) is 6.52. The van der Waals surface area contributed by atoms with Gasteiger partial charge in [-0.3, -0.25) is 15.0 Å². The Morgan fingerprint density at radius 3 is 2.67 bits per heavy atom. The molecule has 146 valence electrons. The zero-order chi connectivity index (χ0) is 20.1. The van der Waals surface area contributed by atoms with Gasteiger partial charge in [0.15, 0.2) is 0 Å². The summed E-state index contributed by atoms with van der Waals surface area (Å²) < 4.78 is 41.5. The van der Waals surface area contributed by atoms with Crippen LogP contribution in [0.1, 0.15) is 27.2 Å². The van der Waals surface area contributed by atoms with E-state index in [0.29, 0.717) is 22.7 Å². The zero-order valence-corrected chi connectivity index (χ0v) is 16.0. The Balaban J connectivity index is 1.96. The minimum atomic E-state index is -4.89. The van der Waals surface area contributed by atoms with E-state index in [1.807, 2.05) is 0 Å². The van der Waals surface area contributed by atoms with E-state index in [9.17, 15) is 22.8 Å². The van der Waals surface area contributed by atoms with Gasteiger partial charge in [0.1, 0.15) is 5.75 Å². The van der Waals surface area contributed by atoms with Crippen LogP contribution in [0.4, 0.5) is 18.9 Å². The lowest BCUT2D eigenvalue weighted by atomic mass is 9.93. The van der Waals surface area contributed by atoms with Gasteiger partial charge in [-0.25, -0.2) is 5.01 Å². The quantitative estimate of drug-likeness (QED) is 0.754. The number of hydrogen-bond acceptors (Lipinski definition) is 5. The van der Waals surface area contributed by atoms with Gasteiger partial charge < -0.3 is 10.1 Å². The van der Waals surface area contributed by atoms with Crippen LogP contribution in [0.5, 0.6) is 5.75 Å². The number of nitrogens with zero attached hydrogens (tertiary/aromatic N) is 1. The van der Waals surface area contributed by atoms with Crippen LogP contribution in [0.15, 0.2) is 27.6 Å². The molecule has 0 fully saturated rings. The van der Waals surface area contributed by atoms with Gasteiger partial charge >= 0.3 is 6.36 Å². The number of thioether (sulfide) groups is 1. The van der Waals surface area contributed by atoms with Crippen LogP contribution in [0, 0.1) is 0 Å². The molecule has 0 aromatic heterocycles. The highest BCUT2D eigenvalue weighted by molar-refractivity contribution is 8.04. The normalized spacial score (nSPS) is 18.5. The van der Waals surface area contributed by atoms with Crippen molar-refractivity contribution in [1.82, 2.24) is 10.4 Å². The molecule has 2 amide bonds. The van der Waals surface area contributed by atoms with Crippen molar-refractivity contribution in [3.8, 4) is 5.75 Å². The Hall–Kier alpha value is -2.07. The maximum atomic E-state index is 12.9. The number of alkyl halides is 3.